The van der Waals surface area contributed by atoms with Gasteiger partial charge in [-0.1, -0.05) is 6.07 Å². The van der Waals surface area contributed by atoms with Gasteiger partial charge in [0.05, 0.1) is 0 Å². The first-order chi connectivity index (χ1) is 11.2. The fourth-order valence-electron chi connectivity index (χ4n) is 2.43. The normalized spacial score (nSPS) is 13.3. The molecule has 2 amide bonds. The van der Waals surface area contributed by atoms with E-state index in [0.717, 1.165) is 22.8 Å². The van der Waals surface area contributed by atoms with Crippen LogP contribution in [0, 0.1) is 0 Å². The van der Waals surface area contributed by atoms with Gasteiger partial charge in [-0.3, -0.25) is 9.59 Å². The van der Waals surface area contributed by atoms with Gasteiger partial charge in [0.25, 0.3) is 5.91 Å². The molecule has 3 rings (SSSR count). The third-order valence-corrected chi connectivity index (χ3v) is 5.69. The van der Waals surface area contributed by atoms with Crippen LogP contribution in [0.3, 0.4) is 0 Å². The second-order valence-corrected chi connectivity index (χ2v) is 7.45. The SMILES string of the molecule is O=C1CCc2cc(C(=O)NCCSCc3cccs3)ccc2N1. The molecule has 120 valence electrons. The molecule has 1 aromatic carbocycles. The topological polar surface area (TPSA) is 58.2 Å². The summed E-state index contributed by atoms with van der Waals surface area (Å²) in [6, 6.07) is 9.64. The van der Waals surface area contributed by atoms with E-state index in [9.17, 15) is 9.59 Å². The lowest BCUT2D eigenvalue weighted by Crippen LogP contribution is -2.26. The summed E-state index contributed by atoms with van der Waals surface area (Å²) in [5.74, 6) is 1.87. The van der Waals surface area contributed by atoms with Crippen molar-refractivity contribution in [1.82, 2.24) is 5.32 Å². The zero-order valence-corrected chi connectivity index (χ0v) is 14.3. The molecule has 23 heavy (non-hydrogen) atoms. The van der Waals surface area contributed by atoms with Gasteiger partial charge in [-0.25, -0.2) is 0 Å². The van der Waals surface area contributed by atoms with Crippen molar-refractivity contribution in [3.8, 4) is 0 Å². The van der Waals surface area contributed by atoms with Gasteiger partial charge in [0, 0.05) is 40.6 Å². The molecule has 0 atom stereocenters. The van der Waals surface area contributed by atoms with E-state index in [2.05, 4.69) is 28.1 Å². The Morgan fingerprint density at radius 1 is 1.30 bits per heavy atom. The van der Waals surface area contributed by atoms with Crippen LogP contribution in [0.2, 0.25) is 0 Å². The van der Waals surface area contributed by atoms with Crippen LogP contribution in [-0.4, -0.2) is 24.1 Å². The molecule has 1 aromatic heterocycles. The first-order valence-corrected chi connectivity index (χ1v) is 9.57. The van der Waals surface area contributed by atoms with E-state index >= 15 is 0 Å². The van der Waals surface area contributed by atoms with Gasteiger partial charge in [-0.15, -0.1) is 11.3 Å². The van der Waals surface area contributed by atoms with Gasteiger partial charge in [0.15, 0.2) is 0 Å². The first-order valence-electron chi connectivity index (χ1n) is 7.53. The summed E-state index contributed by atoms with van der Waals surface area (Å²) in [6.45, 7) is 0.655. The Labute approximate surface area is 143 Å². The van der Waals surface area contributed by atoms with Crippen LogP contribution >= 0.6 is 23.1 Å². The average molecular weight is 346 g/mol. The predicted octanol–water partition coefficient (Wildman–Crippen LogP) is 3.30. The molecule has 2 heterocycles. The van der Waals surface area contributed by atoms with Crippen molar-refractivity contribution in [3.05, 3.63) is 51.7 Å². The molecular weight excluding hydrogens is 328 g/mol. The smallest absolute Gasteiger partial charge is 0.251 e. The fraction of sp³-hybridized carbons (Fsp3) is 0.294. The molecule has 0 aliphatic carbocycles. The largest absolute Gasteiger partial charge is 0.351 e. The number of thioether (sulfide) groups is 1. The van der Waals surface area contributed by atoms with Crippen molar-refractivity contribution in [2.45, 2.75) is 18.6 Å². The molecule has 0 bridgehead atoms. The molecule has 6 heteroatoms. The Bertz CT molecular complexity index is 699. The predicted molar refractivity (Wildman–Crippen MR) is 96.2 cm³/mol. The van der Waals surface area contributed by atoms with Crippen molar-refractivity contribution in [2.24, 2.45) is 0 Å². The van der Waals surface area contributed by atoms with Crippen LogP contribution in [0.25, 0.3) is 0 Å². The molecule has 0 radical (unpaired) electrons. The number of carbonyl (C=O) groups is 2. The van der Waals surface area contributed by atoms with Crippen molar-refractivity contribution < 1.29 is 9.59 Å². The molecule has 0 unspecified atom stereocenters. The number of amides is 2. The number of hydrogen-bond donors (Lipinski definition) is 2. The molecule has 4 nitrogen and oxygen atoms in total. The number of thiophene rings is 1. The van der Waals surface area contributed by atoms with Crippen molar-refractivity contribution in [1.29, 1.82) is 0 Å². The number of carbonyl (C=O) groups excluding carboxylic acids is 2. The minimum Gasteiger partial charge on any atom is -0.351 e. The third kappa shape index (κ3) is 4.36. The molecule has 2 N–H and O–H groups in total. The lowest BCUT2D eigenvalue weighted by molar-refractivity contribution is -0.116. The first kappa shape index (κ1) is 16.1. The van der Waals surface area contributed by atoms with E-state index in [1.165, 1.54) is 4.88 Å². The minimum absolute atomic E-state index is 0.0393. The molecule has 1 aliphatic heterocycles. The second-order valence-electron chi connectivity index (χ2n) is 5.31. The Balaban J connectivity index is 1.46. The van der Waals surface area contributed by atoms with Crippen LogP contribution in [0.1, 0.15) is 27.2 Å². The molecule has 0 fully saturated rings. The van der Waals surface area contributed by atoms with E-state index in [4.69, 9.17) is 0 Å². The lowest BCUT2D eigenvalue weighted by atomic mass is 10.00. The van der Waals surface area contributed by atoms with E-state index in [0.29, 0.717) is 24.9 Å². The van der Waals surface area contributed by atoms with E-state index in [1.807, 2.05) is 23.9 Å². The summed E-state index contributed by atoms with van der Waals surface area (Å²) < 4.78 is 0. The summed E-state index contributed by atoms with van der Waals surface area (Å²) >= 11 is 3.58. The van der Waals surface area contributed by atoms with Gasteiger partial charge in [0.1, 0.15) is 0 Å². The summed E-state index contributed by atoms with van der Waals surface area (Å²) in [7, 11) is 0. The van der Waals surface area contributed by atoms with Gasteiger partial charge in [-0.2, -0.15) is 11.8 Å². The maximum Gasteiger partial charge on any atom is 0.251 e. The Morgan fingerprint density at radius 2 is 2.22 bits per heavy atom. The zero-order valence-electron chi connectivity index (χ0n) is 12.6. The monoisotopic (exact) mass is 346 g/mol. The summed E-state index contributed by atoms with van der Waals surface area (Å²) in [5.41, 5.74) is 2.51. The molecular formula is C17H18N2O2S2. The lowest BCUT2D eigenvalue weighted by Gasteiger charge is -2.17. The van der Waals surface area contributed by atoms with Crippen molar-refractivity contribution >= 4 is 40.6 Å². The number of aryl methyl sites for hydroxylation is 1. The third-order valence-electron chi connectivity index (χ3n) is 3.62. The van der Waals surface area contributed by atoms with Crippen molar-refractivity contribution in [2.75, 3.05) is 17.6 Å². The summed E-state index contributed by atoms with van der Waals surface area (Å²) in [6.07, 6.45) is 1.18. The van der Waals surface area contributed by atoms with Gasteiger partial charge in [-0.05, 0) is 41.6 Å². The average Bonchev–Trinajstić information content (AvgIpc) is 3.07. The highest BCUT2D eigenvalue weighted by Crippen LogP contribution is 2.23. The summed E-state index contributed by atoms with van der Waals surface area (Å²) in [5, 5.41) is 7.86. The number of hydrogen-bond acceptors (Lipinski definition) is 4. The minimum atomic E-state index is -0.0542. The van der Waals surface area contributed by atoms with Crippen LogP contribution in [-0.2, 0) is 17.0 Å². The van der Waals surface area contributed by atoms with E-state index in [-0.39, 0.29) is 11.8 Å². The molecule has 0 saturated carbocycles. The quantitative estimate of drug-likeness (QED) is 0.789. The molecule has 2 aromatic rings. The van der Waals surface area contributed by atoms with E-state index < -0.39 is 0 Å². The maximum atomic E-state index is 12.2. The second kappa shape index (κ2) is 7.66. The molecule has 1 aliphatic rings. The number of fused-ring (bicyclic) bond motifs is 1. The Hall–Kier alpha value is -1.79. The number of nitrogens with one attached hydrogen (secondary N) is 2. The van der Waals surface area contributed by atoms with Crippen molar-refractivity contribution in [3.63, 3.8) is 0 Å². The number of rotatable bonds is 6. The van der Waals surface area contributed by atoms with Crippen LogP contribution in [0.5, 0.6) is 0 Å². The highest BCUT2D eigenvalue weighted by atomic mass is 32.2. The van der Waals surface area contributed by atoms with E-state index in [1.54, 1.807) is 17.4 Å². The maximum absolute atomic E-state index is 12.2. The van der Waals surface area contributed by atoms with Crippen LogP contribution in [0.4, 0.5) is 5.69 Å². The van der Waals surface area contributed by atoms with Gasteiger partial charge >= 0.3 is 0 Å². The number of benzene rings is 1. The zero-order chi connectivity index (χ0) is 16.1. The van der Waals surface area contributed by atoms with Gasteiger partial charge in [0.2, 0.25) is 5.91 Å². The highest BCUT2D eigenvalue weighted by molar-refractivity contribution is 7.98. The fourth-order valence-corrected chi connectivity index (χ4v) is 4.13. The summed E-state index contributed by atoms with van der Waals surface area (Å²) in [4.78, 5) is 24.9. The van der Waals surface area contributed by atoms with Crippen LogP contribution in [0.15, 0.2) is 35.7 Å². The van der Waals surface area contributed by atoms with Gasteiger partial charge < -0.3 is 10.6 Å². The highest BCUT2D eigenvalue weighted by Gasteiger charge is 2.16. The standard InChI is InChI=1S/C17H18N2O2S2/c20-16-6-4-12-10-13(3-5-15(12)19-16)17(21)18-7-9-22-11-14-2-1-8-23-14/h1-3,5,8,10H,4,6-7,9,11H2,(H,18,21)(H,19,20). The van der Waals surface area contributed by atoms with Crippen LogP contribution < -0.4 is 10.6 Å². The number of anilines is 1. The molecule has 0 saturated heterocycles. The Morgan fingerprint density at radius 3 is 3.04 bits per heavy atom. The Kier molecular flexibility index (Phi) is 5.35. The molecule has 0 spiro atoms.